The molecular formula is C24H29ClN4O3. The highest BCUT2D eigenvalue weighted by atomic mass is 35.5. The highest BCUT2D eigenvalue weighted by Crippen LogP contribution is 2.41. The number of aromatic nitrogens is 2. The molecule has 0 radical (unpaired) electrons. The maximum Gasteiger partial charge on any atom is 0.223 e. The van der Waals surface area contributed by atoms with Crippen molar-refractivity contribution in [1.29, 1.82) is 0 Å². The summed E-state index contributed by atoms with van der Waals surface area (Å²) in [5, 5.41) is 3.77. The smallest absolute Gasteiger partial charge is 0.223 e. The van der Waals surface area contributed by atoms with Gasteiger partial charge in [0, 0.05) is 55.3 Å². The Bertz CT molecular complexity index is 1030. The zero-order valence-corrected chi connectivity index (χ0v) is 19.6. The molecule has 32 heavy (non-hydrogen) atoms. The fourth-order valence-electron chi connectivity index (χ4n) is 4.46. The van der Waals surface area contributed by atoms with Crippen LogP contribution in [0, 0.1) is 20.8 Å². The number of carbonyl (C=O) groups excluding carboxylic acids is 2. The SMILES string of the molecule is Cc1cc(C)nc(NCCCC(=O)N2CCC3(CC2)CC(=O)c2cc(Cl)c(C)cc2O3)n1. The van der Waals surface area contributed by atoms with E-state index < -0.39 is 5.60 Å². The van der Waals surface area contributed by atoms with E-state index in [4.69, 9.17) is 16.3 Å². The number of ketones is 1. The number of Topliss-reactive ketones (excluding diaryl/α,β-unsaturated/α-hetero) is 1. The van der Waals surface area contributed by atoms with Crippen LogP contribution in [0.1, 0.15) is 59.4 Å². The normalized spacial score (nSPS) is 17.1. The van der Waals surface area contributed by atoms with E-state index in [0.29, 0.717) is 74.0 Å². The molecule has 1 N–H and O–H groups in total. The van der Waals surface area contributed by atoms with E-state index in [1.54, 1.807) is 6.07 Å². The number of halogens is 1. The number of nitrogens with zero attached hydrogens (tertiary/aromatic N) is 3. The van der Waals surface area contributed by atoms with Crippen molar-refractivity contribution >= 4 is 29.2 Å². The number of likely N-dealkylation sites (tertiary alicyclic amines) is 1. The number of benzene rings is 1. The molecule has 3 heterocycles. The highest BCUT2D eigenvalue weighted by Gasteiger charge is 2.43. The Kier molecular flexibility index (Phi) is 6.38. The van der Waals surface area contributed by atoms with Crippen molar-refractivity contribution in [3.8, 4) is 5.75 Å². The van der Waals surface area contributed by atoms with Crippen LogP contribution < -0.4 is 10.1 Å². The highest BCUT2D eigenvalue weighted by molar-refractivity contribution is 6.31. The average molecular weight is 457 g/mol. The van der Waals surface area contributed by atoms with E-state index in [1.807, 2.05) is 37.8 Å². The van der Waals surface area contributed by atoms with Crippen LogP contribution in [0.15, 0.2) is 18.2 Å². The Labute approximate surface area is 193 Å². The number of ether oxygens (including phenoxy) is 1. The number of carbonyl (C=O) groups is 2. The lowest BCUT2D eigenvalue weighted by Gasteiger charge is -2.44. The summed E-state index contributed by atoms with van der Waals surface area (Å²) in [4.78, 5) is 36.0. The van der Waals surface area contributed by atoms with Gasteiger partial charge in [-0.25, -0.2) is 9.97 Å². The molecule has 4 rings (SSSR count). The van der Waals surface area contributed by atoms with Crippen LogP contribution in [-0.4, -0.2) is 51.8 Å². The van der Waals surface area contributed by atoms with Gasteiger partial charge in [-0.05, 0) is 51.0 Å². The summed E-state index contributed by atoms with van der Waals surface area (Å²) in [5.74, 6) is 1.41. The van der Waals surface area contributed by atoms with Gasteiger partial charge in [0.1, 0.15) is 11.4 Å². The summed E-state index contributed by atoms with van der Waals surface area (Å²) >= 11 is 6.18. The summed E-state index contributed by atoms with van der Waals surface area (Å²) in [6.45, 7) is 7.61. The van der Waals surface area contributed by atoms with Crippen molar-refractivity contribution in [3.05, 3.63) is 45.7 Å². The largest absolute Gasteiger partial charge is 0.486 e. The van der Waals surface area contributed by atoms with Crippen LogP contribution in [0.5, 0.6) is 5.75 Å². The van der Waals surface area contributed by atoms with Gasteiger partial charge in [-0.1, -0.05) is 11.6 Å². The number of piperidine rings is 1. The van der Waals surface area contributed by atoms with Crippen molar-refractivity contribution in [3.63, 3.8) is 0 Å². The van der Waals surface area contributed by atoms with Crippen LogP contribution in [0.3, 0.4) is 0 Å². The average Bonchev–Trinajstić information content (AvgIpc) is 2.72. The molecule has 8 heteroatoms. The Morgan fingerprint density at radius 3 is 2.53 bits per heavy atom. The number of rotatable bonds is 5. The number of fused-ring (bicyclic) bond motifs is 1. The van der Waals surface area contributed by atoms with E-state index in [2.05, 4.69) is 15.3 Å². The molecule has 2 aliphatic rings. The first kappa shape index (κ1) is 22.5. The number of amides is 1. The summed E-state index contributed by atoms with van der Waals surface area (Å²) in [7, 11) is 0. The van der Waals surface area contributed by atoms with Gasteiger partial charge in [-0.15, -0.1) is 0 Å². The zero-order valence-electron chi connectivity index (χ0n) is 18.8. The predicted octanol–water partition coefficient (Wildman–Crippen LogP) is 4.27. The Morgan fingerprint density at radius 2 is 1.84 bits per heavy atom. The fourth-order valence-corrected chi connectivity index (χ4v) is 4.62. The van der Waals surface area contributed by atoms with Crippen LogP contribution in [0.2, 0.25) is 5.02 Å². The maximum atomic E-state index is 12.7. The molecule has 1 aromatic heterocycles. The molecule has 1 amide bonds. The molecule has 1 aromatic carbocycles. The van der Waals surface area contributed by atoms with Crippen molar-refractivity contribution in [1.82, 2.24) is 14.9 Å². The van der Waals surface area contributed by atoms with Crippen LogP contribution in [-0.2, 0) is 4.79 Å². The number of nitrogens with one attached hydrogen (secondary N) is 1. The molecular weight excluding hydrogens is 428 g/mol. The minimum atomic E-state index is -0.525. The van der Waals surface area contributed by atoms with E-state index >= 15 is 0 Å². The third-order valence-electron chi connectivity index (χ3n) is 6.23. The maximum absolute atomic E-state index is 12.7. The topological polar surface area (TPSA) is 84.4 Å². The predicted molar refractivity (Wildman–Crippen MR) is 124 cm³/mol. The van der Waals surface area contributed by atoms with E-state index in [-0.39, 0.29) is 11.7 Å². The molecule has 1 spiro atoms. The summed E-state index contributed by atoms with van der Waals surface area (Å²) in [5.41, 5.74) is 2.77. The summed E-state index contributed by atoms with van der Waals surface area (Å²) in [6.07, 6.45) is 2.81. The van der Waals surface area contributed by atoms with Crippen LogP contribution in [0.4, 0.5) is 5.95 Å². The second-order valence-electron chi connectivity index (χ2n) is 8.87. The Balaban J connectivity index is 1.27. The minimum absolute atomic E-state index is 0.0626. The van der Waals surface area contributed by atoms with Crippen LogP contribution >= 0.6 is 11.6 Å². The number of hydrogen-bond donors (Lipinski definition) is 1. The Hall–Kier alpha value is -2.67. The zero-order chi connectivity index (χ0) is 22.9. The lowest BCUT2D eigenvalue weighted by Crippen LogP contribution is -2.52. The van der Waals surface area contributed by atoms with E-state index in [9.17, 15) is 9.59 Å². The molecule has 0 atom stereocenters. The fraction of sp³-hybridized carbons (Fsp3) is 0.500. The number of aryl methyl sites for hydroxylation is 3. The first-order chi connectivity index (χ1) is 15.2. The van der Waals surface area contributed by atoms with Gasteiger partial charge in [0.05, 0.1) is 12.0 Å². The minimum Gasteiger partial charge on any atom is -0.486 e. The standard InChI is InChI=1S/C24H29ClN4O3/c1-15-11-21-18(13-19(15)25)20(30)14-24(32-21)6-9-29(10-7-24)22(31)5-4-8-26-23-27-16(2)12-17(3)28-23/h11-13H,4-10,14H2,1-3H3,(H,26,27,28). The lowest BCUT2D eigenvalue weighted by molar-refractivity contribution is -0.134. The summed E-state index contributed by atoms with van der Waals surface area (Å²) < 4.78 is 6.32. The quantitative estimate of drug-likeness (QED) is 0.676. The van der Waals surface area contributed by atoms with Gasteiger partial charge in [-0.3, -0.25) is 9.59 Å². The van der Waals surface area contributed by atoms with Gasteiger partial charge >= 0.3 is 0 Å². The van der Waals surface area contributed by atoms with Crippen molar-refractivity contribution < 1.29 is 14.3 Å². The first-order valence-electron chi connectivity index (χ1n) is 11.1. The third kappa shape index (κ3) is 4.88. The summed E-state index contributed by atoms with van der Waals surface area (Å²) in [6, 6.07) is 5.48. The van der Waals surface area contributed by atoms with Crippen molar-refractivity contribution in [2.24, 2.45) is 0 Å². The second-order valence-corrected chi connectivity index (χ2v) is 9.28. The lowest BCUT2D eigenvalue weighted by atomic mass is 9.82. The van der Waals surface area contributed by atoms with Crippen LogP contribution in [0.25, 0.3) is 0 Å². The van der Waals surface area contributed by atoms with Gasteiger partial charge in [-0.2, -0.15) is 0 Å². The molecule has 7 nitrogen and oxygen atoms in total. The number of anilines is 1. The number of hydrogen-bond acceptors (Lipinski definition) is 6. The van der Waals surface area contributed by atoms with Crippen molar-refractivity contribution in [2.45, 2.75) is 58.5 Å². The molecule has 0 saturated carbocycles. The van der Waals surface area contributed by atoms with Crippen molar-refractivity contribution in [2.75, 3.05) is 25.0 Å². The molecule has 0 unspecified atom stereocenters. The van der Waals surface area contributed by atoms with Gasteiger partial charge in [0.2, 0.25) is 11.9 Å². The molecule has 2 aliphatic heterocycles. The van der Waals surface area contributed by atoms with Gasteiger partial charge < -0.3 is 15.0 Å². The third-order valence-corrected chi connectivity index (χ3v) is 6.64. The second kappa shape index (κ2) is 9.06. The molecule has 2 aromatic rings. The van der Waals surface area contributed by atoms with Gasteiger partial charge in [0.15, 0.2) is 5.78 Å². The van der Waals surface area contributed by atoms with E-state index in [0.717, 1.165) is 17.0 Å². The van der Waals surface area contributed by atoms with E-state index in [1.165, 1.54) is 0 Å². The molecule has 170 valence electrons. The first-order valence-corrected chi connectivity index (χ1v) is 11.5. The Morgan fingerprint density at radius 1 is 1.16 bits per heavy atom. The molecule has 0 bridgehead atoms. The monoisotopic (exact) mass is 456 g/mol. The molecule has 0 aliphatic carbocycles. The molecule has 1 fully saturated rings. The molecule has 1 saturated heterocycles. The van der Waals surface area contributed by atoms with Gasteiger partial charge in [0.25, 0.3) is 0 Å².